The molecule has 0 radical (unpaired) electrons. The lowest BCUT2D eigenvalue weighted by Crippen LogP contribution is -2.14. The van der Waals surface area contributed by atoms with Gasteiger partial charge in [-0.1, -0.05) is 48.5 Å². The van der Waals surface area contributed by atoms with Gasteiger partial charge in [-0.05, 0) is 49.7 Å². The number of nitrogens with one attached hydrogen (secondary N) is 1. The molecule has 1 N–H and O–H groups in total. The molecule has 0 aliphatic heterocycles. The number of anilines is 1. The Morgan fingerprint density at radius 3 is 2.20 bits per heavy atom. The normalized spacial score (nSPS) is 10.6. The van der Waals surface area contributed by atoms with E-state index in [9.17, 15) is 9.59 Å². The van der Waals surface area contributed by atoms with Crippen LogP contribution in [0.4, 0.5) is 5.69 Å². The van der Waals surface area contributed by atoms with Crippen LogP contribution in [-0.4, -0.2) is 26.5 Å². The fraction of sp³-hybridized carbons (Fsp3) is 0.0833. The van der Waals surface area contributed by atoms with E-state index < -0.39 is 5.91 Å². The fourth-order valence-electron chi connectivity index (χ4n) is 3.13. The van der Waals surface area contributed by atoms with Gasteiger partial charge in [0.15, 0.2) is 11.6 Å². The summed E-state index contributed by atoms with van der Waals surface area (Å²) in [5, 5.41) is 7.29. The highest BCUT2D eigenvalue weighted by molar-refractivity contribution is 6.02. The van der Waals surface area contributed by atoms with Gasteiger partial charge in [0.05, 0.1) is 5.69 Å². The van der Waals surface area contributed by atoms with E-state index >= 15 is 0 Å². The fourth-order valence-corrected chi connectivity index (χ4v) is 3.13. The van der Waals surface area contributed by atoms with Crippen molar-refractivity contribution >= 4 is 17.4 Å². The smallest absolute Gasteiger partial charge is 0.295 e. The van der Waals surface area contributed by atoms with E-state index in [2.05, 4.69) is 15.4 Å². The summed E-state index contributed by atoms with van der Waals surface area (Å²) in [7, 11) is 0. The summed E-state index contributed by atoms with van der Waals surface area (Å²) in [6.45, 7) is 3.49. The summed E-state index contributed by atoms with van der Waals surface area (Å²) in [5.74, 6) is 0.198. The van der Waals surface area contributed by atoms with Crippen LogP contribution in [0.5, 0.6) is 0 Å². The maximum absolute atomic E-state index is 12.8. The molecule has 0 aliphatic rings. The average molecular weight is 396 g/mol. The van der Waals surface area contributed by atoms with Crippen LogP contribution in [0.15, 0.2) is 78.9 Å². The van der Waals surface area contributed by atoms with Crippen molar-refractivity contribution in [1.82, 2.24) is 14.8 Å². The van der Waals surface area contributed by atoms with Crippen molar-refractivity contribution in [3.63, 3.8) is 0 Å². The zero-order chi connectivity index (χ0) is 21.1. The van der Waals surface area contributed by atoms with E-state index in [-0.39, 0.29) is 11.6 Å². The second kappa shape index (κ2) is 8.13. The number of nitrogens with zero attached hydrogens (tertiary/aromatic N) is 3. The van der Waals surface area contributed by atoms with Gasteiger partial charge in [-0.2, -0.15) is 0 Å². The minimum absolute atomic E-state index is 0.0287. The first-order chi connectivity index (χ1) is 14.5. The largest absolute Gasteiger partial charge is 0.319 e. The molecule has 148 valence electrons. The molecule has 0 spiro atoms. The van der Waals surface area contributed by atoms with E-state index in [4.69, 9.17) is 0 Å². The summed E-state index contributed by atoms with van der Waals surface area (Å²) in [5.41, 5.74) is 3.89. The molecule has 0 saturated carbocycles. The van der Waals surface area contributed by atoms with Crippen LogP contribution in [0.25, 0.3) is 17.1 Å². The molecule has 4 rings (SSSR count). The number of ketones is 1. The molecule has 6 nitrogen and oxygen atoms in total. The third-order valence-electron chi connectivity index (χ3n) is 4.74. The summed E-state index contributed by atoms with van der Waals surface area (Å²) in [6, 6.07) is 24.2. The summed E-state index contributed by atoms with van der Waals surface area (Å²) in [6.07, 6.45) is 0. The second-order valence-corrected chi connectivity index (χ2v) is 6.91. The number of hydrogen-bond donors (Lipinski definition) is 1. The molecule has 1 heterocycles. The summed E-state index contributed by atoms with van der Waals surface area (Å²) in [4.78, 5) is 28.8. The molecule has 0 bridgehead atoms. The van der Waals surface area contributed by atoms with E-state index in [1.807, 2.05) is 61.5 Å². The van der Waals surface area contributed by atoms with Crippen LogP contribution in [-0.2, 0) is 0 Å². The number of aromatic nitrogens is 3. The minimum atomic E-state index is -0.421. The maximum atomic E-state index is 12.8. The Kier molecular flexibility index (Phi) is 5.22. The first-order valence-corrected chi connectivity index (χ1v) is 9.54. The van der Waals surface area contributed by atoms with Gasteiger partial charge in [0.2, 0.25) is 5.82 Å². The molecule has 30 heavy (non-hydrogen) atoms. The molecule has 0 unspecified atom stereocenters. The SMILES string of the molecule is CC(=O)c1ccc(NC(=O)c2nc(-c3ccccc3)n(-c3ccccc3C)n2)cc1. The van der Waals surface area contributed by atoms with E-state index in [1.165, 1.54) is 6.92 Å². The molecule has 1 aromatic heterocycles. The Balaban J connectivity index is 1.71. The Labute approximate surface area is 174 Å². The van der Waals surface area contributed by atoms with Crippen LogP contribution < -0.4 is 5.32 Å². The summed E-state index contributed by atoms with van der Waals surface area (Å²) < 4.78 is 1.69. The average Bonchev–Trinajstić information content (AvgIpc) is 3.20. The number of benzene rings is 3. The zero-order valence-corrected chi connectivity index (χ0v) is 16.7. The van der Waals surface area contributed by atoms with E-state index in [1.54, 1.807) is 28.9 Å². The first-order valence-electron chi connectivity index (χ1n) is 9.54. The van der Waals surface area contributed by atoms with Crippen molar-refractivity contribution in [2.45, 2.75) is 13.8 Å². The Morgan fingerprint density at radius 2 is 1.53 bits per heavy atom. The van der Waals surface area contributed by atoms with Crippen LogP contribution in [0, 0.1) is 6.92 Å². The van der Waals surface area contributed by atoms with Gasteiger partial charge in [-0.3, -0.25) is 9.59 Å². The number of amides is 1. The van der Waals surface area contributed by atoms with Crippen molar-refractivity contribution < 1.29 is 9.59 Å². The summed E-state index contributed by atoms with van der Waals surface area (Å²) >= 11 is 0. The van der Waals surface area contributed by atoms with Crippen LogP contribution in [0.1, 0.15) is 33.5 Å². The molecule has 0 atom stereocenters. The van der Waals surface area contributed by atoms with Crippen molar-refractivity contribution in [3.05, 3.63) is 95.8 Å². The number of hydrogen-bond acceptors (Lipinski definition) is 4. The number of rotatable bonds is 5. The van der Waals surface area contributed by atoms with Gasteiger partial charge in [0.1, 0.15) is 0 Å². The molecule has 1 amide bonds. The number of aryl methyl sites for hydroxylation is 1. The van der Waals surface area contributed by atoms with Crippen LogP contribution in [0.3, 0.4) is 0 Å². The molecular weight excluding hydrogens is 376 g/mol. The monoisotopic (exact) mass is 396 g/mol. The Bertz CT molecular complexity index is 1210. The van der Waals surface area contributed by atoms with Crippen LogP contribution >= 0.6 is 0 Å². The van der Waals surface area contributed by atoms with Gasteiger partial charge in [-0.15, -0.1) is 5.10 Å². The highest BCUT2D eigenvalue weighted by atomic mass is 16.2. The predicted octanol–water partition coefficient (Wildman–Crippen LogP) is 4.70. The predicted molar refractivity (Wildman–Crippen MR) is 116 cm³/mol. The molecule has 0 aliphatic carbocycles. The van der Waals surface area contributed by atoms with E-state index in [0.29, 0.717) is 17.1 Å². The molecule has 0 fully saturated rings. The first kappa shape index (κ1) is 19.3. The van der Waals surface area contributed by atoms with Gasteiger partial charge in [-0.25, -0.2) is 9.67 Å². The topological polar surface area (TPSA) is 76.9 Å². The third-order valence-corrected chi connectivity index (χ3v) is 4.74. The van der Waals surface area contributed by atoms with Crippen molar-refractivity contribution in [2.75, 3.05) is 5.32 Å². The minimum Gasteiger partial charge on any atom is -0.319 e. The Morgan fingerprint density at radius 1 is 0.867 bits per heavy atom. The van der Waals surface area contributed by atoms with Gasteiger partial charge in [0.25, 0.3) is 5.91 Å². The van der Waals surface area contributed by atoms with Gasteiger partial charge < -0.3 is 5.32 Å². The quantitative estimate of drug-likeness (QED) is 0.496. The van der Waals surface area contributed by atoms with Crippen molar-refractivity contribution in [2.24, 2.45) is 0 Å². The lowest BCUT2D eigenvalue weighted by Gasteiger charge is -2.08. The van der Waals surface area contributed by atoms with Crippen molar-refractivity contribution in [1.29, 1.82) is 0 Å². The zero-order valence-electron chi connectivity index (χ0n) is 16.7. The Hall–Kier alpha value is -4.06. The highest BCUT2D eigenvalue weighted by Gasteiger charge is 2.19. The second-order valence-electron chi connectivity index (χ2n) is 6.91. The number of Topliss-reactive ketones (excluding diaryl/α,β-unsaturated/α-hetero) is 1. The van der Waals surface area contributed by atoms with Gasteiger partial charge in [0, 0.05) is 16.8 Å². The number of para-hydroxylation sites is 1. The third kappa shape index (κ3) is 3.89. The molecule has 0 saturated heterocycles. The molecular formula is C24H20N4O2. The molecule has 4 aromatic rings. The maximum Gasteiger partial charge on any atom is 0.295 e. The van der Waals surface area contributed by atoms with Gasteiger partial charge >= 0.3 is 0 Å². The molecule has 3 aromatic carbocycles. The highest BCUT2D eigenvalue weighted by Crippen LogP contribution is 2.23. The van der Waals surface area contributed by atoms with Crippen molar-refractivity contribution in [3.8, 4) is 17.1 Å². The van der Waals surface area contributed by atoms with Crippen LogP contribution in [0.2, 0.25) is 0 Å². The lowest BCUT2D eigenvalue weighted by atomic mass is 10.1. The lowest BCUT2D eigenvalue weighted by molar-refractivity contribution is 0.101. The standard InChI is InChI=1S/C24H20N4O2/c1-16-8-6-7-11-21(16)28-23(19-9-4-3-5-10-19)26-22(27-28)24(30)25-20-14-12-18(13-15-20)17(2)29/h3-15H,1-2H3,(H,25,30). The van der Waals surface area contributed by atoms with E-state index in [0.717, 1.165) is 16.8 Å². The molecule has 6 heteroatoms. The number of carbonyl (C=O) groups excluding carboxylic acids is 2. The number of carbonyl (C=O) groups is 2.